The van der Waals surface area contributed by atoms with Gasteiger partial charge in [0.1, 0.15) is 0 Å². The monoisotopic (exact) mass is 264 g/mol. The van der Waals surface area contributed by atoms with E-state index in [0.29, 0.717) is 24.5 Å². The van der Waals surface area contributed by atoms with Crippen molar-refractivity contribution < 1.29 is 14.3 Å². The highest BCUT2D eigenvalue weighted by Gasteiger charge is 2.17. The summed E-state index contributed by atoms with van der Waals surface area (Å²) in [5, 5.41) is 9.37. The van der Waals surface area contributed by atoms with Gasteiger partial charge in [0.05, 0.1) is 30.7 Å². The number of amides is 2. The van der Waals surface area contributed by atoms with Crippen LogP contribution in [0.15, 0.2) is 12.3 Å². The normalized spacial score (nSPS) is 14.8. The molecule has 0 fully saturated rings. The lowest BCUT2D eigenvalue weighted by Crippen LogP contribution is -2.28. The van der Waals surface area contributed by atoms with Gasteiger partial charge in [0, 0.05) is 13.0 Å². The van der Waals surface area contributed by atoms with Crippen molar-refractivity contribution in [3.05, 3.63) is 23.5 Å². The van der Waals surface area contributed by atoms with Crippen molar-refractivity contribution >= 4 is 17.4 Å². The van der Waals surface area contributed by atoms with Gasteiger partial charge in [-0.15, -0.1) is 0 Å². The molecule has 1 aromatic rings. The first-order chi connectivity index (χ1) is 9.18. The van der Waals surface area contributed by atoms with Crippen LogP contribution in [0.5, 0.6) is 0 Å². The Hall–Kier alpha value is -2.15. The van der Waals surface area contributed by atoms with E-state index in [1.165, 1.54) is 6.20 Å². The molecule has 0 aliphatic carbocycles. The number of carbonyl (C=O) groups excluding carboxylic acids is 2. The van der Waals surface area contributed by atoms with Gasteiger partial charge in [0.25, 0.3) is 5.91 Å². The number of nitrogens with one attached hydrogen (secondary N) is 2. The topological polar surface area (TPSA) is 110 Å². The Kier molecular flexibility index (Phi) is 4.30. The quantitative estimate of drug-likeness (QED) is 0.685. The summed E-state index contributed by atoms with van der Waals surface area (Å²) in [7, 11) is 0. The predicted octanol–water partition coefficient (Wildman–Crippen LogP) is -0.181. The Morgan fingerprint density at radius 3 is 3.05 bits per heavy atom. The van der Waals surface area contributed by atoms with Gasteiger partial charge in [-0.3, -0.25) is 14.7 Å². The summed E-state index contributed by atoms with van der Waals surface area (Å²) in [6.07, 6.45) is 4.27. The van der Waals surface area contributed by atoms with Crippen molar-refractivity contribution in [1.29, 1.82) is 0 Å². The highest BCUT2D eigenvalue weighted by Crippen LogP contribution is 2.22. The SMILES string of the molecule is NC(=O)CCNC(=O)c1cn[nH]c1C1=CCOCC1. The van der Waals surface area contributed by atoms with Gasteiger partial charge in [-0.2, -0.15) is 5.10 Å². The molecule has 1 aromatic heterocycles. The number of nitrogens with zero attached hydrogens (tertiary/aromatic N) is 1. The molecule has 1 aliphatic heterocycles. The molecule has 0 unspecified atom stereocenters. The van der Waals surface area contributed by atoms with Gasteiger partial charge in [0.2, 0.25) is 5.91 Å². The average molecular weight is 264 g/mol. The molecule has 7 nitrogen and oxygen atoms in total. The Morgan fingerprint density at radius 1 is 1.53 bits per heavy atom. The molecule has 102 valence electrons. The third-order valence-corrected chi connectivity index (χ3v) is 2.83. The van der Waals surface area contributed by atoms with Gasteiger partial charge in [-0.05, 0) is 12.0 Å². The number of hydrogen-bond acceptors (Lipinski definition) is 4. The van der Waals surface area contributed by atoms with E-state index in [-0.39, 0.29) is 18.9 Å². The van der Waals surface area contributed by atoms with Crippen LogP contribution in [-0.4, -0.2) is 41.8 Å². The van der Waals surface area contributed by atoms with Crippen molar-refractivity contribution in [3.63, 3.8) is 0 Å². The molecule has 0 spiro atoms. The van der Waals surface area contributed by atoms with Crippen LogP contribution in [0.25, 0.3) is 5.57 Å². The average Bonchev–Trinajstić information content (AvgIpc) is 2.88. The first kappa shape index (κ1) is 13.3. The maximum atomic E-state index is 12.0. The van der Waals surface area contributed by atoms with E-state index in [0.717, 1.165) is 12.0 Å². The van der Waals surface area contributed by atoms with Crippen LogP contribution in [0.4, 0.5) is 0 Å². The van der Waals surface area contributed by atoms with Crippen LogP contribution >= 0.6 is 0 Å². The fourth-order valence-corrected chi connectivity index (χ4v) is 1.85. The number of H-pyrrole nitrogens is 1. The van der Waals surface area contributed by atoms with E-state index in [2.05, 4.69) is 15.5 Å². The van der Waals surface area contributed by atoms with E-state index in [9.17, 15) is 9.59 Å². The van der Waals surface area contributed by atoms with Gasteiger partial charge in [0.15, 0.2) is 0 Å². The first-order valence-corrected chi connectivity index (χ1v) is 6.05. The van der Waals surface area contributed by atoms with Crippen LogP contribution < -0.4 is 11.1 Å². The summed E-state index contributed by atoms with van der Waals surface area (Å²) in [6, 6.07) is 0. The van der Waals surface area contributed by atoms with E-state index >= 15 is 0 Å². The van der Waals surface area contributed by atoms with E-state index < -0.39 is 5.91 Å². The Labute approximate surface area is 110 Å². The number of aromatic nitrogens is 2. The summed E-state index contributed by atoms with van der Waals surface area (Å²) in [4.78, 5) is 22.6. The minimum absolute atomic E-state index is 0.120. The number of ether oxygens (including phenoxy) is 1. The molecule has 2 amide bonds. The third-order valence-electron chi connectivity index (χ3n) is 2.83. The largest absolute Gasteiger partial charge is 0.377 e. The summed E-state index contributed by atoms with van der Waals surface area (Å²) in [5.41, 5.74) is 7.21. The fraction of sp³-hybridized carbons (Fsp3) is 0.417. The fourth-order valence-electron chi connectivity index (χ4n) is 1.85. The second kappa shape index (κ2) is 6.14. The van der Waals surface area contributed by atoms with Crippen molar-refractivity contribution in [1.82, 2.24) is 15.5 Å². The summed E-state index contributed by atoms with van der Waals surface area (Å²) in [5.74, 6) is -0.711. The number of nitrogens with two attached hydrogens (primary N) is 1. The molecule has 1 aliphatic rings. The number of primary amides is 1. The minimum Gasteiger partial charge on any atom is -0.377 e. The Bertz CT molecular complexity index is 507. The molecule has 0 aromatic carbocycles. The van der Waals surface area contributed by atoms with E-state index in [1.807, 2.05) is 6.08 Å². The molecule has 0 bridgehead atoms. The van der Waals surface area contributed by atoms with Crippen LogP contribution in [-0.2, 0) is 9.53 Å². The highest BCUT2D eigenvalue weighted by atomic mass is 16.5. The number of aromatic amines is 1. The maximum absolute atomic E-state index is 12.0. The molecule has 0 saturated heterocycles. The molecule has 4 N–H and O–H groups in total. The van der Waals surface area contributed by atoms with Crippen LogP contribution in [0, 0.1) is 0 Å². The number of carbonyl (C=O) groups is 2. The van der Waals surface area contributed by atoms with Gasteiger partial charge in [-0.25, -0.2) is 0 Å². The zero-order chi connectivity index (χ0) is 13.7. The summed E-state index contributed by atoms with van der Waals surface area (Å²) in [6.45, 7) is 1.39. The number of rotatable bonds is 5. The lowest BCUT2D eigenvalue weighted by Gasteiger charge is -2.13. The number of hydrogen-bond donors (Lipinski definition) is 3. The molecular formula is C12H16N4O3. The first-order valence-electron chi connectivity index (χ1n) is 6.05. The molecule has 2 heterocycles. The Morgan fingerprint density at radius 2 is 2.37 bits per heavy atom. The molecule has 7 heteroatoms. The summed E-state index contributed by atoms with van der Waals surface area (Å²) >= 11 is 0. The molecule has 19 heavy (non-hydrogen) atoms. The van der Waals surface area contributed by atoms with Crippen molar-refractivity contribution in [2.24, 2.45) is 5.73 Å². The molecular weight excluding hydrogens is 248 g/mol. The maximum Gasteiger partial charge on any atom is 0.255 e. The van der Waals surface area contributed by atoms with Crippen molar-refractivity contribution in [2.45, 2.75) is 12.8 Å². The van der Waals surface area contributed by atoms with Crippen LogP contribution in [0.3, 0.4) is 0 Å². The van der Waals surface area contributed by atoms with Gasteiger partial charge >= 0.3 is 0 Å². The van der Waals surface area contributed by atoms with Gasteiger partial charge in [-0.1, -0.05) is 6.08 Å². The lowest BCUT2D eigenvalue weighted by molar-refractivity contribution is -0.117. The van der Waals surface area contributed by atoms with Gasteiger partial charge < -0.3 is 15.8 Å². The highest BCUT2D eigenvalue weighted by molar-refractivity contribution is 5.98. The smallest absolute Gasteiger partial charge is 0.255 e. The minimum atomic E-state index is -0.445. The molecule has 0 atom stereocenters. The predicted molar refractivity (Wildman–Crippen MR) is 68.1 cm³/mol. The second-order valence-corrected chi connectivity index (χ2v) is 4.19. The lowest BCUT2D eigenvalue weighted by atomic mass is 10.0. The van der Waals surface area contributed by atoms with Crippen molar-refractivity contribution in [2.75, 3.05) is 19.8 Å². The van der Waals surface area contributed by atoms with E-state index in [1.54, 1.807) is 0 Å². The zero-order valence-corrected chi connectivity index (χ0v) is 10.4. The summed E-state index contributed by atoms with van der Waals surface area (Å²) < 4.78 is 5.23. The molecule has 0 radical (unpaired) electrons. The Balaban J connectivity index is 2.04. The van der Waals surface area contributed by atoms with Crippen LogP contribution in [0.1, 0.15) is 28.9 Å². The zero-order valence-electron chi connectivity index (χ0n) is 10.4. The van der Waals surface area contributed by atoms with Crippen molar-refractivity contribution in [3.8, 4) is 0 Å². The standard InChI is InChI=1S/C12H16N4O3/c13-10(17)1-4-14-12(18)9-7-15-16-11(9)8-2-5-19-6-3-8/h2,7H,1,3-6H2,(H2,13,17)(H,14,18)(H,15,16). The van der Waals surface area contributed by atoms with Crippen LogP contribution in [0.2, 0.25) is 0 Å². The molecule has 2 rings (SSSR count). The third kappa shape index (κ3) is 3.41. The molecule has 0 saturated carbocycles. The second-order valence-electron chi connectivity index (χ2n) is 4.19. The van der Waals surface area contributed by atoms with E-state index in [4.69, 9.17) is 10.5 Å².